The van der Waals surface area contributed by atoms with Crippen LogP contribution in [0.25, 0.3) is 0 Å². The fraction of sp³-hybridized carbons (Fsp3) is 0.833. The lowest BCUT2D eigenvalue weighted by molar-refractivity contribution is -0.305. The summed E-state index contributed by atoms with van der Waals surface area (Å²) in [6, 6.07) is -0.165. The predicted octanol–water partition coefficient (Wildman–Crippen LogP) is -0.258. The maximum Gasteiger partial charge on any atom is 0.318 e. The van der Waals surface area contributed by atoms with Gasteiger partial charge in [-0.25, -0.2) is 10.1 Å². The third-order valence-corrected chi connectivity index (χ3v) is 1.91. The molecule has 1 fully saturated rings. The summed E-state index contributed by atoms with van der Waals surface area (Å²) < 4.78 is 0. The van der Waals surface area contributed by atoms with E-state index in [4.69, 9.17) is 5.26 Å². The van der Waals surface area contributed by atoms with Gasteiger partial charge in [0.15, 0.2) is 0 Å². The zero-order valence-electron chi connectivity index (χ0n) is 6.91. The maximum absolute atomic E-state index is 11.1. The summed E-state index contributed by atoms with van der Waals surface area (Å²) in [4.78, 5) is 16.4. The lowest BCUT2D eigenvalue weighted by atomic mass is 10.2. The number of carbonyl (C=O) groups is 1. The molecule has 0 spiro atoms. The first kappa shape index (κ1) is 9.24. The van der Waals surface area contributed by atoms with Gasteiger partial charge >= 0.3 is 6.03 Å². The van der Waals surface area contributed by atoms with E-state index < -0.39 is 0 Å². The molecule has 3 N–H and O–H groups in total. The molecule has 0 aromatic rings. The number of hydroxylamine groups is 1. The highest BCUT2D eigenvalue weighted by Crippen LogP contribution is 2.05. The van der Waals surface area contributed by atoms with Gasteiger partial charge in [0.05, 0.1) is 0 Å². The molecule has 70 valence electrons. The Morgan fingerprint density at radius 1 is 1.83 bits per heavy atom. The SMILES string of the molecule is CN1C(=O)NCCC[C@H]1NOO. The van der Waals surface area contributed by atoms with Gasteiger partial charge in [-0.15, -0.1) is 10.5 Å². The molecule has 0 aromatic carbocycles. The number of urea groups is 1. The topological polar surface area (TPSA) is 73.8 Å². The van der Waals surface area contributed by atoms with E-state index in [0.717, 1.165) is 12.8 Å². The van der Waals surface area contributed by atoms with Gasteiger partial charge in [-0.3, -0.25) is 0 Å². The molecule has 0 radical (unpaired) electrons. The van der Waals surface area contributed by atoms with E-state index in [0.29, 0.717) is 6.54 Å². The molecule has 1 heterocycles. The van der Waals surface area contributed by atoms with Gasteiger partial charge in [0, 0.05) is 13.6 Å². The standard InChI is InChI=1S/C6H13N3O3/c1-9-5(8-12-11)3-2-4-7-6(9)10/h5,8,11H,2-4H2,1H3,(H,7,10)/t5-/m0/s1. The number of nitrogens with zero attached hydrogens (tertiary/aromatic N) is 1. The van der Waals surface area contributed by atoms with Crippen LogP contribution in [0.3, 0.4) is 0 Å². The molecule has 6 nitrogen and oxygen atoms in total. The van der Waals surface area contributed by atoms with Crippen molar-refractivity contribution in [3.63, 3.8) is 0 Å². The molecule has 12 heavy (non-hydrogen) atoms. The summed E-state index contributed by atoms with van der Waals surface area (Å²) in [7, 11) is 1.64. The second kappa shape index (κ2) is 4.24. The Hall–Kier alpha value is -0.850. The molecule has 1 atom stereocenters. The van der Waals surface area contributed by atoms with Crippen molar-refractivity contribution in [2.24, 2.45) is 0 Å². The Morgan fingerprint density at radius 2 is 2.58 bits per heavy atom. The number of rotatable bonds is 2. The fourth-order valence-electron chi connectivity index (χ4n) is 1.15. The van der Waals surface area contributed by atoms with E-state index in [9.17, 15) is 4.79 Å². The average molecular weight is 175 g/mol. The first-order valence-electron chi connectivity index (χ1n) is 3.82. The van der Waals surface area contributed by atoms with Crippen molar-refractivity contribution in [1.82, 2.24) is 15.7 Å². The van der Waals surface area contributed by atoms with Gasteiger partial charge in [0.2, 0.25) is 0 Å². The van der Waals surface area contributed by atoms with Gasteiger partial charge in [-0.1, -0.05) is 0 Å². The number of amides is 2. The van der Waals surface area contributed by atoms with Crippen LogP contribution in [0, 0.1) is 0 Å². The maximum atomic E-state index is 11.1. The van der Waals surface area contributed by atoms with Gasteiger partial charge in [0.25, 0.3) is 0 Å². The van der Waals surface area contributed by atoms with Crippen LogP contribution in [0.4, 0.5) is 4.79 Å². The molecular weight excluding hydrogens is 162 g/mol. The Bertz CT molecular complexity index is 164. The Balaban J connectivity index is 2.51. The molecule has 0 bridgehead atoms. The van der Waals surface area contributed by atoms with Crippen LogP contribution in [-0.4, -0.2) is 35.9 Å². The second-order valence-corrected chi connectivity index (χ2v) is 2.71. The molecule has 0 unspecified atom stereocenters. The van der Waals surface area contributed by atoms with Crippen LogP contribution in [0.5, 0.6) is 0 Å². The van der Waals surface area contributed by atoms with E-state index in [2.05, 4.69) is 15.8 Å². The molecule has 0 aromatic heterocycles. The summed E-state index contributed by atoms with van der Waals surface area (Å²) in [6.45, 7) is 0.660. The molecule has 0 aliphatic carbocycles. The monoisotopic (exact) mass is 175 g/mol. The zero-order chi connectivity index (χ0) is 8.97. The smallest absolute Gasteiger partial charge is 0.318 e. The van der Waals surface area contributed by atoms with Gasteiger partial charge in [-0.2, -0.15) is 0 Å². The third kappa shape index (κ3) is 2.07. The lowest BCUT2D eigenvalue weighted by Crippen LogP contribution is -2.47. The second-order valence-electron chi connectivity index (χ2n) is 2.71. The van der Waals surface area contributed by atoms with Crippen LogP contribution in [-0.2, 0) is 4.99 Å². The molecular formula is C6H13N3O3. The highest BCUT2D eigenvalue weighted by Gasteiger charge is 2.22. The van der Waals surface area contributed by atoms with Crippen LogP contribution in [0.15, 0.2) is 0 Å². The highest BCUT2D eigenvalue weighted by atomic mass is 17.2. The van der Waals surface area contributed by atoms with Gasteiger partial charge in [0.1, 0.15) is 6.17 Å². The molecule has 0 saturated carbocycles. The van der Waals surface area contributed by atoms with Crippen LogP contribution < -0.4 is 10.8 Å². The minimum absolute atomic E-state index is 0.165. The molecule has 6 heteroatoms. The van der Waals surface area contributed by atoms with Crippen molar-refractivity contribution < 1.29 is 15.0 Å². The van der Waals surface area contributed by atoms with E-state index in [1.54, 1.807) is 7.05 Å². The average Bonchev–Trinajstić information content (AvgIpc) is 2.20. The summed E-state index contributed by atoms with van der Waals surface area (Å²) in [5.41, 5.74) is 2.33. The van der Waals surface area contributed by atoms with Crippen molar-refractivity contribution in [2.45, 2.75) is 19.0 Å². The Kier molecular flexibility index (Phi) is 3.27. The number of carbonyl (C=O) groups excluding carboxylic acids is 1. The van der Waals surface area contributed by atoms with Crippen molar-refractivity contribution in [3.05, 3.63) is 0 Å². The minimum Gasteiger partial charge on any atom is -0.338 e. The minimum atomic E-state index is -0.266. The molecule has 1 rings (SSSR count). The molecule has 1 aliphatic rings. The molecule has 1 saturated heterocycles. The highest BCUT2D eigenvalue weighted by molar-refractivity contribution is 5.74. The Morgan fingerprint density at radius 3 is 3.25 bits per heavy atom. The quantitative estimate of drug-likeness (QED) is 0.399. The molecule has 1 aliphatic heterocycles. The summed E-state index contributed by atoms with van der Waals surface area (Å²) in [5, 5.41) is 10.8. The van der Waals surface area contributed by atoms with E-state index in [1.165, 1.54) is 4.90 Å². The first-order chi connectivity index (χ1) is 5.75. The number of hydrogen-bond acceptors (Lipinski definition) is 4. The van der Waals surface area contributed by atoms with Crippen molar-refractivity contribution in [1.29, 1.82) is 0 Å². The van der Waals surface area contributed by atoms with Crippen LogP contribution in [0.1, 0.15) is 12.8 Å². The number of nitrogens with one attached hydrogen (secondary N) is 2. The van der Waals surface area contributed by atoms with Crippen molar-refractivity contribution in [2.75, 3.05) is 13.6 Å². The summed E-state index contributed by atoms with van der Waals surface area (Å²) >= 11 is 0. The van der Waals surface area contributed by atoms with Gasteiger partial charge < -0.3 is 10.2 Å². The number of hydrogen-bond donors (Lipinski definition) is 3. The summed E-state index contributed by atoms with van der Waals surface area (Å²) in [5.74, 6) is 0. The fourth-order valence-corrected chi connectivity index (χ4v) is 1.15. The van der Waals surface area contributed by atoms with Crippen LogP contribution >= 0.6 is 0 Å². The lowest BCUT2D eigenvalue weighted by Gasteiger charge is -2.23. The van der Waals surface area contributed by atoms with Crippen molar-refractivity contribution >= 4 is 6.03 Å². The van der Waals surface area contributed by atoms with Crippen molar-refractivity contribution in [3.8, 4) is 0 Å². The van der Waals surface area contributed by atoms with E-state index in [-0.39, 0.29) is 12.2 Å². The Labute approximate surface area is 70.4 Å². The largest absolute Gasteiger partial charge is 0.338 e. The summed E-state index contributed by atoms with van der Waals surface area (Å²) in [6.07, 6.45) is 1.34. The van der Waals surface area contributed by atoms with E-state index in [1.807, 2.05) is 0 Å². The normalized spacial score (nSPS) is 25.0. The van der Waals surface area contributed by atoms with Gasteiger partial charge in [-0.05, 0) is 12.8 Å². The van der Waals surface area contributed by atoms with E-state index >= 15 is 0 Å². The first-order valence-corrected chi connectivity index (χ1v) is 3.82. The predicted molar refractivity (Wildman–Crippen MR) is 41.0 cm³/mol. The zero-order valence-corrected chi connectivity index (χ0v) is 6.91. The third-order valence-electron chi connectivity index (χ3n) is 1.91. The van der Waals surface area contributed by atoms with Crippen LogP contribution in [0.2, 0.25) is 0 Å². The molecule has 2 amide bonds.